The van der Waals surface area contributed by atoms with Crippen molar-refractivity contribution in [2.75, 3.05) is 0 Å². The van der Waals surface area contributed by atoms with E-state index in [1.54, 1.807) is 19.4 Å². The first-order valence-corrected chi connectivity index (χ1v) is 5.45. The molecule has 0 aromatic carbocycles. The minimum Gasteiger partial charge on any atom is -0.480 e. The van der Waals surface area contributed by atoms with Crippen LogP contribution in [0.5, 0.6) is 0 Å². The van der Waals surface area contributed by atoms with Crippen LogP contribution >= 0.6 is 0 Å². The maximum Gasteiger partial charge on any atom is 0.323 e. The van der Waals surface area contributed by atoms with Crippen molar-refractivity contribution in [2.45, 2.75) is 45.3 Å². The summed E-state index contributed by atoms with van der Waals surface area (Å²) in [6.45, 7) is 6.25. The summed E-state index contributed by atoms with van der Waals surface area (Å²) >= 11 is 0. The number of carboxylic acids is 1. The van der Waals surface area contributed by atoms with E-state index >= 15 is 0 Å². The SMILES string of the molecule is CCC(C)(NC(C)Cn1ccnc1)C(=O)O. The summed E-state index contributed by atoms with van der Waals surface area (Å²) in [7, 11) is 0. The highest BCUT2D eigenvalue weighted by atomic mass is 16.4. The molecule has 0 bridgehead atoms. The molecule has 2 unspecified atom stereocenters. The van der Waals surface area contributed by atoms with E-state index in [1.807, 2.05) is 24.6 Å². The molecule has 5 nitrogen and oxygen atoms in total. The zero-order valence-electron chi connectivity index (χ0n) is 9.97. The largest absolute Gasteiger partial charge is 0.480 e. The molecule has 1 aromatic rings. The fourth-order valence-electron chi connectivity index (χ4n) is 1.62. The Morgan fingerprint density at radius 1 is 1.69 bits per heavy atom. The van der Waals surface area contributed by atoms with Gasteiger partial charge < -0.3 is 9.67 Å². The first kappa shape index (κ1) is 12.7. The smallest absolute Gasteiger partial charge is 0.323 e. The van der Waals surface area contributed by atoms with Gasteiger partial charge in [0.15, 0.2) is 0 Å². The monoisotopic (exact) mass is 225 g/mol. The van der Waals surface area contributed by atoms with Crippen LogP contribution in [0.2, 0.25) is 0 Å². The van der Waals surface area contributed by atoms with Gasteiger partial charge in [0.2, 0.25) is 0 Å². The van der Waals surface area contributed by atoms with Gasteiger partial charge in [-0.15, -0.1) is 0 Å². The van der Waals surface area contributed by atoms with Crippen LogP contribution in [-0.4, -0.2) is 32.2 Å². The molecule has 0 amide bonds. The van der Waals surface area contributed by atoms with Crippen LogP contribution in [0.15, 0.2) is 18.7 Å². The van der Waals surface area contributed by atoms with E-state index in [1.165, 1.54) is 0 Å². The second-order valence-corrected chi connectivity index (χ2v) is 4.30. The average Bonchev–Trinajstić information content (AvgIpc) is 2.69. The second kappa shape index (κ2) is 5.12. The number of hydrogen-bond acceptors (Lipinski definition) is 3. The molecule has 0 aliphatic rings. The molecule has 1 rings (SSSR count). The first-order chi connectivity index (χ1) is 7.48. The van der Waals surface area contributed by atoms with Gasteiger partial charge >= 0.3 is 5.97 Å². The van der Waals surface area contributed by atoms with Crippen LogP contribution < -0.4 is 5.32 Å². The summed E-state index contributed by atoms with van der Waals surface area (Å²) < 4.78 is 1.93. The third-order valence-electron chi connectivity index (χ3n) is 2.79. The fourth-order valence-corrected chi connectivity index (χ4v) is 1.62. The van der Waals surface area contributed by atoms with Crippen molar-refractivity contribution >= 4 is 5.97 Å². The van der Waals surface area contributed by atoms with Crippen LogP contribution in [-0.2, 0) is 11.3 Å². The van der Waals surface area contributed by atoms with E-state index in [4.69, 9.17) is 5.11 Å². The molecule has 2 N–H and O–H groups in total. The molecule has 90 valence electrons. The van der Waals surface area contributed by atoms with Gasteiger partial charge in [-0.25, -0.2) is 4.98 Å². The fraction of sp³-hybridized carbons (Fsp3) is 0.636. The molecule has 0 saturated heterocycles. The predicted octanol–water partition coefficient (Wildman–Crippen LogP) is 1.11. The van der Waals surface area contributed by atoms with Crippen molar-refractivity contribution in [3.8, 4) is 0 Å². The molecule has 2 atom stereocenters. The van der Waals surface area contributed by atoms with Gasteiger partial charge in [0.25, 0.3) is 0 Å². The van der Waals surface area contributed by atoms with Crippen LogP contribution in [0.25, 0.3) is 0 Å². The van der Waals surface area contributed by atoms with E-state index in [2.05, 4.69) is 10.3 Å². The van der Waals surface area contributed by atoms with Crippen molar-refractivity contribution in [2.24, 2.45) is 0 Å². The Morgan fingerprint density at radius 3 is 2.81 bits per heavy atom. The van der Waals surface area contributed by atoms with Crippen LogP contribution in [0.1, 0.15) is 27.2 Å². The number of nitrogens with one attached hydrogen (secondary N) is 1. The van der Waals surface area contributed by atoms with E-state index in [0.29, 0.717) is 13.0 Å². The highest BCUT2D eigenvalue weighted by Gasteiger charge is 2.31. The molecule has 0 spiro atoms. The van der Waals surface area contributed by atoms with E-state index in [9.17, 15) is 4.79 Å². The lowest BCUT2D eigenvalue weighted by Gasteiger charge is -2.29. The zero-order chi connectivity index (χ0) is 12.2. The van der Waals surface area contributed by atoms with Crippen LogP contribution in [0.4, 0.5) is 0 Å². The summed E-state index contributed by atoms with van der Waals surface area (Å²) in [6.07, 6.45) is 5.85. The molecule has 1 heterocycles. The third-order valence-corrected chi connectivity index (χ3v) is 2.79. The van der Waals surface area contributed by atoms with E-state index in [-0.39, 0.29) is 6.04 Å². The van der Waals surface area contributed by atoms with Crippen molar-refractivity contribution in [3.05, 3.63) is 18.7 Å². The number of carboxylic acid groups (broad SMARTS) is 1. The van der Waals surface area contributed by atoms with Gasteiger partial charge in [-0.2, -0.15) is 0 Å². The van der Waals surface area contributed by atoms with E-state index in [0.717, 1.165) is 0 Å². The molecule has 0 aliphatic carbocycles. The number of aromatic nitrogens is 2. The summed E-state index contributed by atoms with van der Waals surface area (Å²) in [4.78, 5) is 15.1. The highest BCUT2D eigenvalue weighted by Crippen LogP contribution is 2.11. The summed E-state index contributed by atoms with van der Waals surface area (Å²) in [5.41, 5.74) is -0.861. The van der Waals surface area contributed by atoms with Gasteiger partial charge in [-0.1, -0.05) is 6.92 Å². The van der Waals surface area contributed by atoms with Crippen molar-refractivity contribution in [3.63, 3.8) is 0 Å². The standard InChI is InChI=1S/C11H19N3O2/c1-4-11(3,10(15)16)13-9(2)7-14-6-5-12-8-14/h5-6,8-9,13H,4,7H2,1-3H3,(H,15,16). The minimum absolute atomic E-state index is 0.0789. The lowest BCUT2D eigenvalue weighted by atomic mass is 9.98. The molecule has 1 aromatic heterocycles. The number of imidazole rings is 1. The number of nitrogens with zero attached hydrogens (tertiary/aromatic N) is 2. The Bertz CT molecular complexity index is 337. The maximum atomic E-state index is 11.1. The second-order valence-electron chi connectivity index (χ2n) is 4.30. The number of aliphatic carboxylic acids is 1. The third kappa shape index (κ3) is 3.06. The maximum absolute atomic E-state index is 11.1. The van der Waals surface area contributed by atoms with Crippen molar-refractivity contribution < 1.29 is 9.90 Å². The molecular weight excluding hydrogens is 206 g/mol. The van der Waals surface area contributed by atoms with Gasteiger partial charge in [0.1, 0.15) is 5.54 Å². The zero-order valence-corrected chi connectivity index (χ0v) is 9.97. The average molecular weight is 225 g/mol. The first-order valence-electron chi connectivity index (χ1n) is 5.45. The lowest BCUT2D eigenvalue weighted by Crippen LogP contribution is -2.53. The molecular formula is C11H19N3O2. The molecule has 16 heavy (non-hydrogen) atoms. The van der Waals surface area contributed by atoms with Crippen LogP contribution in [0.3, 0.4) is 0 Å². The lowest BCUT2D eigenvalue weighted by molar-refractivity contribution is -0.144. The molecule has 5 heteroatoms. The Kier molecular flexibility index (Phi) is 4.06. The molecule has 0 radical (unpaired) electrons. The Balaban J connectivity index is 2.56. The molecule has 0 saturated carbocycles. The highest BCUT2D eigenvalue weighted by molar-refractivity contribution is 5.78. The number of rotatable bonds is 6. The predicted molar refractivity (Wildman–Crippen MR) is 61.2 cm³/mol. The summed E-state index contributed by atoms with van der Waals surface area (Å²) in [5, 5.41) is 12.3. The minimum atomic E-state index is -0.861. The van der Waals surface area contributed by atoms with Gasteiger partial charge in [-0.05, 0) is 20.3 Å². The Hall–Kier alpha value is -1.36. The normalized spacial score (nSPS) is 16.7. The Labute approximate surface area is 95.5 Å². The van der Waals surface area contributed by atoms with Crippen LogP contribution in [0, 0.1) is 0 Å². The number of hydrogen-bond donors (Lipinski definition) is 2. The molecule has 0 fully saturated rings. The molecule has 0 aliphatic heterocycles. The van der Waals surface area contributed by atoms with E-state index < -0.39 is 11.5 Å². The quantitative estimate of drug-likeness (QED) is 0.761. The number of carbonyl (C=O) groups is 1. The Morgan fingerprint density at radius 2 is 2.38 bits per heavy atom. The van der Waals surface area contributed by atoms with Gasteiger partial charge in [0, 0.05) is 25.0 Å². The van der Waals surface area contributed by atoms with Crippen molar-refractivity contribution in [1.29, 1.82) is 0 Å². The summed E-state index contributed by atoms with van der Waals surface area (Å²) in [6, 6.07) is 0.0789. The topological polar surface area (TPSA) is 67.2 Å². The van der Waals surface area contributed by atoms with Gasteiger partial charge in [0.05, 0.1) is 6.33 Å². The van der Waals surface area contributed by atoms with Crippen molar-refractivity contribution in [1.82, 2.24) is 14.9 Å². The van der Waals surface area contributed by atoms with Gasteiger partial charge in [-0.3, -0.25) is 10.1 Å². The summed E-state index contributed by atoms with van der Waals surface area (Å²) in [5.74, 6) is -0.813.